The summed E-state index contributed by atoms with van der Waals surface area (Å²) in [6, 6.07) is 8.03. The van der Waals surface area contributed by atoms with Gasteiger partial charge in [0.15, 0.2) is 0 Å². The van der Waals surface area contributed by atoms with Crippen LogP contribution >= 0.6 is 0 Å². The van der Waals surface area contributed by atoms with Gasteiger partial charge in [-0.3, -0.25) is 0 Å². The molecule has 0 unspecified atom stereocenters. The average molecular weight is 173 g/mol. The van der Waals surface area contributed by atoms with Crippen LogP contribution in [-0.2, 0) is 18.7 Å². The van der Waals surface area contributed by atoms with E-state index in [1.54, 1.807) is 0 Å². The van der Waals surface area contributed by atoms with Crippen LogP contribution in [0.4, 0.5) is 0 Å². The predicted molar refractivity (Wildman–Crippen MR) is 31.8 cm³/mol. The standard InChI is InChI=1S/C7H8O.Zn/c1-6-4-2-3-5-7(6)8;/h2-5,8H,1H3;/q;+1/p-1. The van der Waals surface area contributed by atoms with Crippen molar-refractivity contribution in [2.45, 2.75) is 6.92 Å². The Bertz CT molecular complexity index is 198. The Hall–Kier alpha value is -0.357. The summed E-state index contributed by atoms with van der Waals surface area (Å²) in [6.07, 6.45) is 0. The SMILES string of the molecule is Cc1ccccc1[O][Zn]. The molecule has 2 heteroatoms. The fraction of sp³-hybridized carbons (Fsp3) is 0.143. The van der Waals surface area contributed by atoms with Crippen LogP contribution in [-0.4, -0.2) is 0 Å². The summed E-state index contributed by atoms with van der Waals surface area (Å²) in [7, 11) is 0. The molecule has 1 rings (SSSR count). The first kappa shape index (κ1) is 6.76. The van der Waals surface area contributed by atoms with Gasteiger partial charge in [0.2, 0.25) is 0 Å². The topological polar surface area (TPSA) is 9.23 Å². The summed E-state index contributed by atoms with van der Waals surface area (Å²) >= 11 is 0.866. The maximum atomic E-state index is 5.17. The first-order valence-electron chi connectivity index (χ1n) is 2.82. The number of hydrogen-bond acceptors (Lipinski definition) is 1. The average Bonchev–Trinajstić information content (AvgIpc) is 1.89. The number of aryl methyl sites for hydroxylation is 1. The fourth-order valence-electron chi connectivity index (χ4n) is 0.718. The molecule has 0 aliphatic heterocycles. The Morgan fingerprint density at radius 1 is 1.33 bits per heavy atom. The first-order valence-corrected chi connectivity index (χ1v) is 4.03. The molecule has 1 aromatic carbocycles. The Morgan fingerprint density at radius 2 is 2.00 bits per heavy atom. The summed E-state index contributed by atoms with van der Waals surface area (Å²) in [5.74, 6) is 1.01. The molecule has 0 fully saturated rings. The molecule has 0 radical (unpaired) electrons. The van der Waals surface area contributed by atoms with Gasteiger partial charge in [-0.05, 0) is 0 Å². The monoisotopic (exact) mass is 171 g/mol. The molecule has 0 spiro atoms. The van der Waals surface area contributed by atoms with Crippen LogP contribution in [0.5, 0.6) is 5.75 Å². The van der Waals surface area contributed by atoms with E-state index in [2.05, 4.69) is 0 Å². The van der Waals surface area contributed by atoms with E-state index in [4.69, 9.17) is 3.56 Å². The third kappa shape index (κ3) is 1.52. The van der Waals surface area contributed by atoms with Gasteiger partial charge in [0.25, 0.3) is 0 Å². The zero-order valence-electron chi connectivity index (χ0n) is 5.42. The Morgan fingerprint density at radius 3 is 2.44 bits per heavy atom. The van der Waals surface area contributed by atoms with Crippen molar-refractivity contribution < 1.29 is 22.2 Å². The van der Waals surface area contributed by atoms with Crippen molar-refractivity contribution in [2.24, 2.45) is 0 Å². The van der Waals surface area contributed by atoms with E-state index in [0.29, 0.717) is 0 Å². The van der Waals surface area contributed by atoms with Crippen LogP contribution in [0.3, 0.4) is 0 Å². The van der Waals surface area contributed by atoms with Gasteiger partial charge in [-0.15, -0.1) is 0 Å². The molecule has 0 aliphatic rings. The zero-order valence-corrected chi connectivity index (χ0v) is 8.39. The molecule has 0 heterocycles. The van der Waals surface area contributed by atoms with Crippen molar-refractivity contribution >= 4 is 0 Å². The molecule has 0 saturated heterocycles. The molecule has 43 valence electrons. The van der Waals surface area contributed by atoms with Gasteiger partial charge >= 0.3 is 64.7 Å². The van der Waals surface area contributed by atoms with E-state index in [9.17, 15) is 0 Å². The van der Waals surface area contributed by atoms with Gasteiger partial charge in [0.05, 0.1) is 0 Å². The summed E-state index contributed by atoms with van der Waals surface area (Å²) in [4.78, 5) is 0. The molecule has 9 heavy (non-hydrogen) atoms. The van der Waals surface area contributed by atoms with Crippen LogP contribution in [0.15, 0.2) is 24.3 Å². The Kier molecular flexibility index (Phi) is 2.24. The molecule has 0 saturated carbocycles. The minimum absolute atomic E-state index is 0.866. The van der Waals surface area contributed by atoms with E-state index in [1.165, 1.54) is 5.56 Å². The number of para-hydroxylation sites is 1. The molecule has 0 bridgehead atoms. The molecule has 0 amide bonds. The van der Waals surface area contributed by atoms with E-state index in [1.807, 2.05) is 31.2 Å². The van der Waals surface area contributed by atoms with Crippen LogP contribution in [0.2, 0.25) is 0 Å². The molecule has 0 atom stereocenters. The first-order chi connectivity index (χ1) is 4.34. The second-order valence-corrected chi connectivity index (χ2v) is 2.52. The third-order valence-corrected chi connectivity index (χ3v) is 1.90. The second kappa shape index (κ2) is 2.98. The summed E-state index contributed by atoms with van der Waals surface area (Å²) in [5, 5.41) is 0. The van der Waals surface area contributed by atoms with E-state index < -0.39 is 0 Å². The number of benzene rings is 1. The number of hydrogen-bond donors (Lipinski definition) is 0. The quantitative estimate of drug-likeness (QED) is 0.588. The van der Waals surface area contributed by atoms with Crippen molar-refractivity contribution in [2.75, 3.05) is 0 Å². The van der Waals surface area contributed by atoms with Crippen molar-refractivity contribution in [3.05, 3.63) is 29.8 Å². The van der Waals surface area contributed by atoms with Gasteiger partial charge in [0, 0.05) is 0 Å². The Labute approximate surface area is 65.1 Å². The molecule has 1 nitrogen and oxygen atoms in total. The fourth-order valence-corrected chi connectivity index (χ4v) is 1.40. The van der Waals surface area contributed by atoms with Crippen LogP contribution in [0, 0.1) is 6.92 Å². The molecule has 0 N–H and O–H groups in total. The van der Waals surface area contributed by atoms with E-state index in [-0.39, 0.29) is 0 Å². The maximum absolute atomic E-state index is 5.17. The number of rotatable bonds is 1. The van der Waals surface area contributed by atoms with Crippen LogP contribution < -0.4 is 3.56 Å². The van der Waals surface area contributed by atoms with Crippen LogP contribution in [0.25, 0.3) is 0 Å². The van der Waals surface area contributed by atoms with Crippen molar-refractivity contribution in [1.29, 1.82) is 0 Å². The Balaban J connectivity index is 3.01. The minimum atomic E-state index is 0.866. The summed E-state index contributed by atoms with van der Waals surface area (Å²) < 4.78 is 5.17. The molecule has 0 aliphatic carbocycles. The van der Waals surface area contributed by atoms with Crippen LogP contribution in [0.1, 0.15) is 5.56 Å². The molecular weight excluding hydrogens is 165 g/mol. The third-order valence-electron chi connectivity index (χ3n) is 1.25. The predicted octanol–water partition coefficient (Wildman–Crippen LogP) is 1.84. The van der Waals surface area contributed by atoms with E-state index >= 15 is 0 Å². The van der Waals surface area contributed by atoms with Crippen molar-refractivity contribution in [3.63, 3.8) is 0 Å². The molecular formula is C7H7OZn. The van der Waals surface area contributed by atoms with Gasteiger partial charge in [-0.25, -0.2) is 0 Å². The van der Waals surface area contributed by atoms with Crippen molar-refractivity contribution in [3.8, 4) is 5.75 Å². The summed E-state index contributed by atoms with van der Waals surface area (Å²) in [5.41, 5.74) is 1.21. The van der Waals surface area contributed by atoms with E-state index in [0.717, 1.165) is 24.4 Å². The second-order valence-electron chi connectivity index (χ2n) is 1.91. The molecule has 1 aromatic rings. The van der Waals surface area contributed by atoms with Gasteiger partial charge in [-0.2, -0.15) is 0 Å². The normalized spacial score (nSPS) is 9.22. The zero-order chi connectivity index (χ0) is 6.69. The summed E-state index contributed by atoms with van der Waals surface area (Å²) in [6.45, 7) is 2.05. The van der Waals surface area contributed by atoms with Gasteiger partial charge in [-0.1, -0.05) is 0 Å². The van der Waals surface area contributed by atoms with Crippen molar-refractivity contribution in [1.82, 2.24) is 0 Å². The molecule has 0 aromatic heterocycles. The van der Waals surface area contributed by atoms with Gasteiger partial charge < -0.3 is 0 Å². The van der Waals surface area contributed by atoms with Gasteiger partial charge in [0.1, 0.15) is 0 Å².